The Balaban J connectivity index is 1.30. The minimum Gasteiger partial charge on any atom is -0.478 e. The van der Waals surface area contributed by atoms with E-state index >= 15 is 0 Å². The number of hydrogen-bond donors (Lipinski definition) is 3. The van der Waals surface area contributed by atoms with Gasteiger partial charge in [0.1, 0.15) is 5.02 Å². The molecule has 0 aliphatic carbocycles. The third-order valence-electron chi connectivity index (χ3n) is 7.40. The topological polar surface area (TPSA) is 123 Å². The van der Waals surface area contributed by atoms with Gasteiger partial charge in [-0.05, 0) is 70.0 Å². The molecule has 0 spiro atoms. The number of piperidine rings is 2. The Morgan fingerprint density at radius 1 is 1.15 bits per heavy atom. The van der Waals surface area contributed by atoms with Crippen molar-refractivity contribution in [1.29, 1.82) is 0 Å². The molecule has 0 bridgehead atoms. The van der Waals surface area contributed by atoms with Crippen LogP contribution in [0.15, 0.2) is 35.3 Å². The summed E-state index contributed by atoms with van der Waals surface area (Å²) in [6.45, 7) is 5.81. The molecular formula is C28H36ClN7O4. The SMILES string of the molecule is CCn1c(=O)c(OCC(=O)NC)cc2cc(Nc3nc(N4CCC(OC5CCNCC5)CC4)ncc3Cl)ccc21. The summed E-state index contributed by atoms with van der Waals surface area (Å²) in [5.41, 5.74) is 1.22. The third kappa shape index (κ3) is 6.48. The van der Waals surface area contributed by atoms with Crippen LogP contribution in [0.1, 0.15) is 32.6 Å². The maximum Gasteiger partial charge on any atom is 0.293 e. The lowest BCUT2D eigenvalue weighted by molar-refractivity contribution is -0.122. The van der Waals surface area contributed by atoms with Crippen molar-refractivity contribution in [2.45, 2.75) is 51.4 Å². The summed E-state index contributed by atoms with van der Waals surface area (Å²) in [6, 6.07) is 7.30. The van der Waals surface area contributed by atoms with E-state index < -0.39 is 0 Å². The summed E-state index contributed by atoms with van der Waals surface area (Å²) in [5.74, 6) is 0.924. The molecule has 0 radical (unpaired) electrons. The van der Waals surface area contributed by atoms with Crippen LogP contribution >= 0.6 is 11.6 Å². The van der Waals surface area contributed by atoms with Gasteiger partial charge in [-0.1, -0.05) is 11.6 Å². The molecule has 2 fully saturated rings. The first kappa shape index (κ1) is 28.1. The highest BCUT2D eigenvalue weighted by molar-refractivity contribution is 6.32. The van der Waals surface area contributed by atoms with E-state index in [0.717, 1.165) is 68.5 Å². The van der Waals surface area contributed by atoms with Crippen LogP contribution in [0.5, 0.6) is 5.75 Å². The lowest BCUT2D eigenvalue weighted by atomic mass is 10.1. The molecule has 0 unspecified atom stereocenters. The summed E-state index contributed by atoms with van der Waals surface area (Å²) in [5, 5.41) is 10.4. The number of carbonyl (C=O) groups excluding carboxylic acids is 1. The second-order valence-electron chi connectivity index (χ2n) is 10.1. The van der Waals surface area contributed by atoms with Crippen molar-refractivity contribution in [3.05, 3.63) is 45.8 Å². The smallest absolute Gasteiger partial charge is 0.293 e. The predicted octanol–water partition coefficient (Wildman–Crippen LogP) is 3.07. The van der Waals surface area contributed by atoms with Crippen LogP contribution in [0.4, 0.5) is 17.5 Å². The van der Waals surface area contributed by atoms with Gasteiger partial charge in [-0.3, -0.25) is 9.59 Å². The zero-order valence-electron chi connectivity index (χ0n) is 22.9. The number of anilines is 3. The van der Waals surface area contributed by atoms with Gasteiger partial charge < -0.3 is 34.9 Å². The first-order chi connectivity index (χ1) is 19.4. The van der Waals surface area contributed by atoms with Gasteiger partial charge in [0.25, 0.3) is 11.5 Å². The van der Waals surface area contributed by atoms with Gasteiger partial charge in [0.15, 0.2) is 18.2 Å². The average Bonchev–Trinajstić information content (AvgIpc) is 2.98. The van der Waals surface area contributed by atoms with Crippen LogP contribution in [0.3, 0.4) is 0 Å². The van der Waals surface area contributed by atoms with Crippen LogP contribution < -0.4 is 31.1 Å². The van der Waals surface area contributed by atoms with Crippen molar-refractivity contribution in [3.63, 3.8) is 0 Å². The fourth-order valence-corrected chi connectivity index (χ4v) is 5.34. The Kier molecular flexibility index (Phi) is 9.03. The Hall–Kier alpha value is -3.41. The highest BCUT2D eigenvalue weighted by atomic mass is 35.5. The van der Waals surface area contributed by atoms with Crippen LogP contribution in [0.2, 0.25) is 5.02 Å². The van der Waals surface area contributed by atoms with Crippen molar-refractivity contribution in [3.8, 4) is 5.75 Å². The molecule has 2 aliphatic rings. The maximum atomic E-state index is 12.9. The molecular weight excluding hydrogens is 534 g/mol. The molecule has 1 aromatic carbocycles. The van der Waals surface area contributed by atoms with Gasteiger partial charge in [0.05, 0.1) is 23.9 Å². The zero-order chi connectivity index (χ0) is 28.1. The number of ether oxygens (including phenoxy) is 2. The van der Waals surface area contributed by atoms with Gasteiger partial charge in [-0.2, -0.15) is 4.98 Å². The first-order valence-electron chi connectivity index (χ1n) is 13.9. The molecule has 5 rings (SSSR count). The number of fused-ring (bicyclic) bond motifs is 1. The zero-order valence-corrected chi connectivity index (χ0v) is 23.7. The van der Waals surface area contributed by atoms with Crippen LogP contribution in [0.25, 0.3) is 10.9 Å². The number of likely N-dealkylation sites (N-methyl/N-ethyl adjacent to an activating group) is 1. The molecule has 2 saturated heterocycles. The lowest BCUT2D eigenvalue weighted by Gasteiger charge is -2.35. The molecule has 40 heavy (non-hydrogen) atoms. The molecule has 2 aromatic heterocycles. The number of nitrogens with zero attached hydrogens (tertiary/aromatic N) is 4. The minimum absolute atomic E-state index is 0.116. The van der Waals surface area contributed by atoms with Crippen LogP contribution in [0, 0.1) is 0 Å². The van der Waals surface area contributed by atoms with Crippen molar-refractivity contribution in [2.75, 3.05) is 50.1 Å². The number of hydrogen-bond acceptors (Lipinski definition) is 9. The van der Waals surface area contributed by atoms with E-state index in [-0.39, 0.29) is 29.9 Å². The minimum atomic E-state index is -0.314. The van der Waals surface area contributed by atoms with E-state index in [2.05, 4.69) is 25.8 Å². The van der Waals surface area contributed by atoms with Crippen molar-refractivity contribution >= 4 is 45.9 Å². The van der Waals surface area contributed by atoms with Gasteiger partial charge in [0.2, 0.25) is 5.95 Å². The summed E-state index contributed by atoms with van der Waals surface area (Å²) in [6.07, 6.45) is 6.26. The second kappa shape index (κ2) is 12.8. The summed E-state index contributed by atoms with van der Waals surface area (Å²) >= 11 is 6.48. The fraction of sp³-hybridized carbons (Fsp3) is 0.500. The number of nitrogens with one attached hydrogen (secondary N) is 3. The normalized spacial score (nSPS) is 16.7. The van der Waals surface area contributed by atoms with Crippen molar-refractivity contribution < 1.29 is 14.3 Å². The molecule has 11 nitrogen and oxygen atoms in total. The first-order valence-corrected chi connectivity index (χ1v) is 14.2. The molecule has 3 aromatic rings. The number of pyridine rings is 1. The van der Waals surface area contributed by atoms with Crippen LogP contribution in [-0.2, 0) is 16.1 Å². The Bertz CT molecular complexity index is 1400. The molecule has 2 aliphatic heterocycles. The molecule has 0 saturated carbocycles. The number of rotatable bonds is 9. The van der Waals surface area contributed by atoms with Gasteiger partial charge in [-0.15, -0.1) is 0 Å². The molecule has 1 amide bonds. The molecule has 214 valence electrons. The highest BCUT2D eigenvalue weighted by Crippen LogP contribution is 2.29. The number of amides is 1. The number of aryl methyl sites for hydroxylation is 1. The Morgan fingerprint density at radius 3 is 2.62 bits per heavy atom. The number of benzene rings is 1. The summed E-state index contributed by atoms with van der Waals surface area (Å²) < 4.78 is 13.5. The average molecular weight is 570 g/mol. The van der Waals surface area contributed by atoms with Crippen molar-refractivity contribution in [2.24, 2.45) is 0 Å². The predicted molar refractivity (Wildman–Crippen MR) is 156 cm³/mol. The summed E-state index contributed by atoms with van der Waals surface area (Å²) in [4.78, 5) is 35.9. The van der Waals surface area contributed by atoms with Crippen molar-refractivity contribution in [1.82, 2.24) is 25.2 Å². The molecule has 4 heterocycles. The molecule has 0 atom stereocenters. The van der Waals surface area contributed by atoms with Gasteiger partial charge in [0, 0.05) is 37.8 Å². The summed E-state index contributed by atoms with van der Waals surface area (Å²) in [7, 11) is 1.52. The molecule has 12 heteroatoms. The Morgan fingerprint density at radius 2 is 1.90 bits per heavy atom. The van der Waals surface area contributed by atoms with Gasteiger partial charge in [-0.25, -0.2) is 4.98 Å². The van der Waals surface area contributed by atoms with E-state index in [1.807, 2.05) is 25.1 Å². The maximum absolute atomic E-state index is 12.9. The number of aromatic nitrogens is 3. The number of halogens is 1. The third-order valence-corrected chi connectivity index (χ3v) is 7.68. The lowest BCUT2D eigenvalue weighted by Crippen LogP contribution is -2.41. The highest BCUT2D eigenvalue weighted by Gasteiger charge is 2.25. The largest absolute Gasteiger partial charge is 0.478 e. The number of carbonyl (C=O) groups is 1. The van der Waals surface area contributed by atoms with E-state index in [1.165, 1.54) is 7.05 Å². The molecule has 3 N–H and O–H groups in total. The quantitative estimate of drug-likeness (QED) is 0.357. The van der Waals surface area contributed by atoms with Gasteiger partial charge >= 0.3 is 0 Å². The van der Waals surface area contributed by atoms with E-state index in [1.54, 1.807) is 16.8 Å². The van der Waals surface area contributed by atoms with E-state index in [4.69, 9.17) is 26.1 Å². The standard InChI is InChI=1S/C28H36ClN7O4/c1-3-36-23-5-4-19(14-18(23)15-24(27(36)38)39-17-25(37)30-2)33-26-22(29)16-32-28(34-26)35-12-8-21(9-13-35)40-20-6-10-31-11-7-20/h4-5,14-16,20-21,31H,3,6-13,17H2,1-2H3,(H,30,37)(H,32,33,34). The van der Waals surface area contributed by atoms with E-state index in [0.29, 0.717) is 29.4 Å². The van der Waals surface area contributed by atoms with E-state index in [9.17, 15) is 9.59 Å². The van der Waals surface area contributed by atoms with Crippen LogP contribution in [-0.4, -0.2) is 72.5 Å². The second-order valence-corrected chi connectivity index (χ2v) is 10.5. The monoisotopic (exact) mass is 569 g/mol. The fourth-order valence-electron chi connectivity index (χ4n) is 5.20. The Labute approximate surface area is 238 Å².